The van der Waals surface area contributed by atoms with E-state index in [1.165, 1.54) is 30.6 Å². The van der Waals surface area contributed by atoms with E-state index in [2.05, 4.69) is 24.3 Å². The summed E-state index contributed by atoms with van der Waals surface area (Å²) in [6.07, 6.45) is 6.12. The Labute approximate surface area is 123 Å². The molecule has 1 aromatic rings. The molecule has 1 N–H and O–H groups in total. The number of hydrogen-bond acceptors (Lipinski definition) is 3. The average molecular weight is 301 g/mol. The Morgan fingerprint density at radius 1 is 1.37 bits per heavy atom. The van der Waals surface area contributed by atoms with Crippen molar-refractivity contribution in [3.05, 3.63) is 21.3 Å². The minimum Gasteiger partial charge on any atom is -0.349 e. The Kier molecular flexibility index (Phi) is 4.87. The van der Waals surface area contributed by atoms with Crippen LogP contribution in [-0.4, -0.2) is 37.0 Å². The van der Waals surface area contributed by atoms with Gasteiger partial charge in [0.2, 0.25) is 0 Å². The molecule has 0 aliphatic heterocycles. The summed E-state index contributed by atoms with van der Waals surface area (Å²) in [6, 6.07) is 3.55. The maximum Gasteiger partial charge on any atom is 0.261 e. The molecule has 1 fully saturated rings. The van der Waals surface area contributed by atoms with Crippen molar-refractivity contribution in [2.24, 2.45) is 0 Å². The van der Waals surface area contributed by atoms with Crippen LogP contribution in [0.3, 0.4) is 0 Å². The second kappa shape index (κ2) is 6.25. The van der Waals surface area contributed by atoms with Crippen molar-refractivity contribution >= 4 is 28.8 Å². The Morgan fingerprint density at radius 2 is 2.05 bits per heavy atom. The summed E-state index contributed by atoms with van der Waals surface area (Å²) in [7, 11) is 4.22. The second-order valence-corrected chi connectivity index (χ2v) is 7.18. The molecule has 106 valence electrons. The van der Waals surface area contributed by atoms with Crippen LogP contribution in [0.15, 0.2) is 12.1 Å². The van der Waals surface area contributed by atoms with Gasteiger partial charge in [-0.25, -0.2) is 0 Å². The third-order valence-corrected chi connectivity index (χ3v) is 5.34. The van der Waals surface area contributed by atoms with Gasteiger partial charge in [-0.15, -0.1) is 11.3 Å². The Bertz CT molecular complexity index is 438. The third-order valence-electron chi connectivity index (χ3n) is 4.11. The molecule has 0 unspecified atom stereocenters. The van der Waals surface area contributed by atoms with Gasteiger partial charge < -0.3 is 10.2 Å². The molecule has 3 nitrogen and oxygen atoms in total. The standard InChI is InChI=1S/C14H21ClN2OS/c1-17(2)14(8-4-3-5-9-14)10-16-13(18)11-6-7-12(15)19-11/h6-7H,3-5,8-10H2,1-2H3,(H,16,18). The van der Waals surface area contributed by atoms with Crippen molar-refractivity contribution in [3.8, 4) is 0 Å². The first kappa shape index (κ1) is 14.8. The summed E-state index contributed by atoms with van der Waals surface area (Å²) < 4.78 is 0.658. The number of thiophene rings is 1. The smallest absolute Gasteiger partial charge is 0.261 e. The highest BCUT2D eigenvalue weighted by molar-refractivity contribution is 7.17. The van der Waals surface area contributed by atoms with Crippen LogP contribution in [0.1, 0.15) is 41.8 Å². The number of nitrogens with one attached hydrogen (secondary N) is 1. The maximum atomic E-state index is 12.1. The highest BCUT2D eigenvalue weighted by atomic mass is 35.5. The van der Waals surface area contributed by atoms with Crippen LogP contribution in [0.4, 0.5) is 0 Å². The number of halogens is 1. The van der Waals surface area contributed by atoms with E-state index in [4.69, 9.17) is 11.6 Å². The number of nitrogens with zero attached hydrogens (tertiary/aromatic N) is 1. The molecule has 5 heteroatoms. The number of amides is 1. The lowest BCUT2D eigenvalue weighted by Crippen LogP contribution is -2.53. The largest absolute Gasteiger partial charge is 0.349 e. The van der Waals surface area contributed by atoms with Crippen LogP contribution in [0, 0.1) is 0 Å². The molecule has 1 saturated carbocycles. The van der Waals surface area contributed by atoms with Gasteiger partial charge in [0.15, 0.2) is 0 Å². The Morgan fingerprint density at radius 3 is 2.58 bits per heavy atom. The van der Waals surface area contributed by atoms with Gasteiger partial charge in [-0.1, -0.05) is 30.9 Å². The van der Waals surface area contributed by atoms with Crippen LogP contribution >= 0.6 is 22.9 Å². The predicted molar refractivity (Wildman–Crippen MR) is 81.2 cm³/mol. The molecule has 1 aliphatic carbocycles. The van der Waals surface area contributed by atoms with Crippen LogP contribution in [0.2, 0.25) is 4.34 Å². The van der Waals surface area contributed by atoms with Crippen LogP contribution in [0.25, 0.3) is 0 Å². The summed E-state index contributed by atoms with van der Waals surface area (Å²) in [5.41, 5.74) is 0.120. The fourth-order valence-corrected chi connectivity index (χ4v) is 3.72. The third kappa shape index (κ3) is 3.50. The van der Waals surface area contributed by atoms with E-state index in [1.807, 2.05) is 0 Å². The SMILES string of the molecule is CN(C)C1(CNC(=O)c2ccc(Cl)s2)CCCCC1. The first-order chi connectivity index (χ1) is 9.03. The van der Waals surface area contributed by atoms with Crippen molar-refractivity contribution in [1.29, 1.82) is 0 Å². The lowest BCUT2D eigenvalue weighted by Gasteiger charge is -2.43. The molecule has 0 atom stereocenters. The van der Waals surface area contributed by atoms with E-state index in [0.717, 1.165) is 12.8 Å². The minimum absolute atomic E-state index is 0.0105. The highest BCUT2D eigenvalue weighted by Gasteiger charge is 2.34. The molecule has 0 bridgehead atoms. The van der Waals surface area contributed by atoms with Crippen molar-refractivity contribution in [2.45, 2.75) is 37.6 Å². The number of carbonyl (C=O) groups is 1. The number of hydrogen-bond donors (Lipinski definition) is 1. The first-order valence-corrected chi connectivity index (χ1v) is 7.94. The quantitative estimate of drug-likeness (QED) is 0.924. The predicted octanol–water partition coefficient (Wildman–Crippen LogP) is 3.40. The van der Waals surface area contributed by atoms with Crippen molar-refractivity contribution in [3.63, 3.8) is 0 Å². The Balaban J connectivity index is 1.97. The Hall–Kier alpha value is -0.580. The van der Waals surface area contributed by atoms with Gasteiger partial charge in [0.05, 0.1) is 9.21 Å². The van der Waals surface area contributed by atoms with Gasteiger partial charge in [-0.05, 0) is 39.1 Å². The number of carbonyl (C=O) groups excluding carboxylic acids is 1. The summed E-state index contributed by atoms with van der Waals surface area (Å²) in [6.45, 7) is 0.717. The zero-order valence-electron chi connectivity index (χ0n) is 11.5. The fourth-order valence-electron chi connectivity index (χ4n) is 2.76. The van der Waals surface area contributed by atoms with Crippen molar-refractivity contribution in [2.75, 3.05) is 20.6 Å². The molecule has 1 heterocycles. The number of rotatable bonds is 4. The van der Waals surface area contributed by atoms with Crippen LogP contribution in [0.5, 0.6) is 0 Å². The maximum absolute atomic E-state index is 12.1. The lowest BCUT2D eigenvalue weighted by molar-refractivity contribution is 0.0802. The monoisotopic (exact) mass is 300 g/mol. The topological polar surface area (TPSA) is 32.3 Å². The molecular weight excluding hydrogens is 280 g/mol. The van der Waals surface area contributed by atoms with Gasteiger partial charge in [0, 0.05) is 12.1 Å². The van der Waals surface area contributed by atoms with Crippen molar-refractivity contribution in [1.82, 2.24) is 10.2 Å². The minimum atomic E-state index is -0.0105. The van der Waals surface area contributed by atoms with Crippen molar-refractivity contribution < 1.29 is 4.79 Å². The molecule has 0 saturated heterocycles. The first-order valence-electron chi connectivity index (χ1n) is 6.74. The van der Waals surface area contributed by atoms with Gasteiger partial charge in [-0.3, -0.25) is 4.79 Å². The highest BCUT2D eigenvalue weighted by Crippen LogP contribution is 2.31. The van der Waals surface area contributed by atoms with Gasteiger partial charge in [0.25, 0.3) is 5.91 Å². The molecule has 0 aromatic carbocycles. The molecule has 1 amide bonds. The van der Waals surface area contributed by atoms with E-state index < -0.39 is 0 Å². The number of likely N-dealkylation sites (N-methyl/N-ethyl adjacent to an activating group) is 1. The van der Waals surface area contributed by atoms with Gasteiger partial charge in [0.1, 0.15) is 0 Å². The summed E-state index contributed by atoms with van der Waals surface area (Å²) >= 11 is 7.19. The molecule has 0 radical (unpaired) electrons. The molecule has 19 heavy (non-hydrogen) atoms. The molecule has 1 aromatic heterocycles. The summed E-state index contributed by atoms with van der Waals surface area (Å²) in [4.78, 5) is 15.0. The van der Waals surface area contributed by atoms with E-state index in [1.54, 1.807) is 12.1 Å². The molecule has 1 aliphatic rings. The second-order valence-electron chi connectivity index (χ2n) is 5.47. The summed E-state index contributed by atoms with van der Waals surface area (Å²) in [5.74, 6) is -0.0105. The molecular formula is C14H21ClN2OS. The molecule has 0 spiro atoms. The van der Waals surface area contributed by atoms with E-state index in [-0.39, 0.29) is 11.4 Å². The van der Waals surface area contributed by atoms with Crippen LogP contribution < -0.4 is 5.32 Å². The lowest BCUT2D eigenvalue weighted by atomic mass is 9.80. The molecule has 2 rings (SSSR count). The zero-order chi connectivity index (χ0) is 13.9. The fraction of sp³-hybridized carbons (Fsp3) is 0.643. The summed E-state index contributed by atoms with van der Waals surface area (Å²) in [5, 5.41) is 3.08. The van der Waals surface area contributed by atoms with Gasteiger partial charge in [-0.2, -0.15) is 0 Å². The normalized spacial score (nSPS) is 18.5. The van der Waals surface area contributed by atoms with Crippen LogP contribution in [-0.2, 0) is 0 Å². The van der Waals surface area contributed by atoms with E-state index in [9.17, 15) is 4.79 Å². The van der Waals surface area contributed by atoms with E-state index in [0.29, 0.717) is 15.8 Å². The zero-order valence-corrected chi connectivity index (χ0v) is 13.1. The van der Waals surface area contributed by atoms with E-state index >= 15 is 0 Å². The van der Waals surface area contributed by atoms with Gasteiger partial charge >= 0.3 is 0 Å². The average Bonchev–Trinajstić information content (AvgIpc) is 2.83.